The SMILES string of the molecule is CC(C)C(NC1c2ccccc2OCC1C)C(=O)O. The normalized spacial score (nSPS) is 23.6. The molecule has 1 heterocycles. The number of fused-ring (bicyclic) bond motifs is 1. The van der Waals surface area contributed by atoms with Crippen LogP contribution in [0.25, 0.3) is 0 Å². The number of benzene rings is 1. The maximum atomic E-state index is 11.3. The summed E-state index contributed by atoms with van der Waals surface area (Å²) in [5.74, 6) is 0.340. The van der Waals surface area contributed by atoms with E-state index in [4.69, 9.17) is 4.74 Å². The molecule has 19 heavy (non-hydrogen) atoms. The van der Waals surface area contributed by atoms with Gasteiger partial charge in [0.25, 0.3) is 0 Å². The molecule has 3 unspecified atom stereocenters. The van der Waals surface area contributed by atoms with Crippen molar-refractivity contribution in [3.05, 3.63) is 29.8 Å². The molecule has 0 amide bonds. The van der Waals surface area contributed by atoms with Gasteiger partial charge >= 0.3 is 5.97 Å². The van der Waals surface area contributed by atoms with Crippen molar-refractivity contribution in [1.82, 2.24) is 5.32 Å². The number of hydrogen-bond donors (Lipinski definition) is 2. The van der Waals surface area contributed by atoms with E-state index in [0.29, 0.717) is 6.61 Å². The minimum Gasteiger partial charge on any atom is -0.493 e. The molecule has 0 saturated carbocycles. The summed E-state index contributed by atoms with van der Waals surface area (Å²) < 4.78 is 5.68. The van der Waals surface area contributed by atoms with Crippen molar-refractivity contribution in [2.24, 2.45) is 11.8 Å². The molecule has 1 aromatic rings. The van der Waals surface area contributed by atoms with E-state index in [1.165, 1.54) is 0 Å². The third-order valence-electron chi connectivity index (χ3n) is 3.62. The molecule has 2 N–H and O–H groups in total. The number of hydrogen-bond acceptors (Lipinski definition) is 3. The molecule has 3 atom stereocenters. The highest BCUT2D eigenvalue weighted by atomic mass is 16.5. The second kappa shape index (κ2) is 5.61. The lowest BCUT2D eigenvalue weighted by Crippen LogP contribution is -2.46. The number of carboxylic acids is 1. The van der Waals surface area contributed by atoms with Crippen LogP contribution in [0.3, 0.4) is 0 Å². The Labute approximate surface area is 113 Å². The molecule has 1 aliphatic rings. The van der Waals surface area contributed by atoms with Gasteiger partial charge in [-0.2, -0.15) is 0 Å². The van der Waals surface area contributed by atoms with Crippen LogP contribution in [0.4, 0.5) is 0 Å². The lowest BCUT2D eigenvalue weighted by atomic mass is 9.90. The number of carbonyl (C=O) groups is 1. The van der Waals surface area contributed by atoms with E-state index < -0.39 is 12.0 Å². The molecule has 0 saturated heterocycles. The first-order valence-electron chi connectivity index (χ1n) is 6.71. The molecule has 0 radical (unpaired) electrons. The van der Waals surface area contributed by atoms with Crippen molar-refractivity contribution in [3.8, 4) is 5.75 Å². The Morgan fingerprint density at radius 2 is 2.11 bits per heavy atom. The third kappa shape index (κ3) is 2.89. The molecule has 1 aliphatic heterocycles. The van der Waals surface area contributed by atoms with Gasteiger partial charge in [-0.05, 0) is 12.0 Å². The Bertz CT molecular complexity index is 458. The van der Waals surface area contributed by atoms with Gasteiger partial charge in [0.05, 0.1) is 6.61 Å². The van der Waals surface area contributed by atoms with Crippen LogP contribution in [0.1, 0.15) is 32.4 Å². The Morgan fingerprint density at radius 3 is 2.74 bits per heavy atom. The standard InChI is InChI=1S/C15H21NO3/c1-9(2)13(15(17)18)16-14-10(3)8-19-12-7-5-4-6-11(12)14/h4-7,9-10,13-14,16H,8H2,1-3H3,(H,17,18). The van der Waals surface area contributed by atoms with E-state index in [2.05, 4.69) is 12.2 Å². The molecule has 1 aromatic carbocycles. The Morgan fingerprint density at radius 1 is 1.42 bits per heavy atom. The van der Waals surface area contributed by atoms with Crippen LogP contribution in [0.5, 0.6) is 5.75 Å². The Balaban J connectivity index is 2.26. The first-order valence-corrected chi connectivity index (χ1v) is 6.71. The first kappa shape index (κ1) is 13.9. The summed E-state index contributed by atoms with van der Waals surface area (Å²) in [6.07, 6.45) is 0. The van der Waals surface area contributed by atoms with Crippen LogP contribution in [0.15, 0.2) is 24.3 Å². The maximum Gasteiger partial charge on any atom is 0.320 e. The summed E-state index contributed by atoms with van der Waals surface area (Å²) in [7, 11) is 0. The van der Waals surface area contributed by atoms with Crippen LogP contribution < -0.4 is 10.1 Å². The smallest absolute Gasteiger partial charge is 0.320 e. The van der Waals surface area contributed by atoms with Crippen LogP contribution in [0.2, 0.25) is 0 Å². The monoisotopic (exact) mass is 263 g/mol. The average Bonchev–Trinajstić information content (AvgIpc) is 2.36. The maximum absolute atomic E-state index is 11.3. The van der Waals surface area contributed by atoms with Crippen LogP contribution >= 0.6 is 0 Å². The van der Waals surface area contributed by atoms with E-state index in [1.807, 2.05) is 38.1 Å². The highest BCUT2D eigenvalue weighted by Gasteiger charge is 2.32. The largest absolute Gasteiger partial charge is 0.493 e. The lowest BCUT2D eigenvalue weighted by molar-refractivity contribution is -0.141. The molecule has 4 heteroatoms. The quantitative estimate of drug-likeness (QED) is 0.876. The van der Waals surface area contributed by atoms with Gasteiger partial charge in [-0.1, -0.05) is 39.0 Å². The molecular weight excluding hydrogens is 242 g/mol. The molecule has 2 rings (SSSR count). The fraction of sp³-hybridized carbons (Fsp3) is 0.533. The summed E-state index contributed by atoms with van der Waals surface area (Å²) in [5.41, 5.74) is 1.05. The Kier molecular flexibility index (Phi) is 4.10. The fourth-order valence-electron chi connectivity index (χ4n) is 2.49. The summed E-state index contributed by atoms with van der Waals surface area (Å²) in [6.45, 7) is 6.52. The fourth-order valence-corrected chi connectivity index (χ4v) is 2.49. The molecule has 104 valence electrons. The van der Waals surface area contributed by atoms with Crippen LogP contribution in [-0.2, 0) is 4.79 Å². The summed E-state index contributed by atoms with van der Waals surface area (Å²) in [5, 5.41) is 12.6. The van der Waals surface area contributed by atoms with E-state index in [-0.39, 0.29) is 17.9 Å². The van der Waals surface area contributed by atoms with Gasteiger partial charge in [0, 0.05) is 17.5 Å². The van der Waals surface area contributed by atoms with Gasteiger partial charge < -0.3 is 9.84 Å². The van der Waals surface area contributed by atoms with E-state index >= 15 is 0 Å². The number of carboxylic acid groups (broad SMARTS) is 1. The topological polar surface area (TPSA) is 58.6 Å². The van der Waals surface area contributed by atoms with Crippen molar-refractivity contribution in [3.63, 3.8) is 0 Å². The minimum atomic E-state index is -0.800. The van der Waals surface area contributed by atoms with Gasteiger partial charge in [0.1, 0.15) is 11.8 Å². The minimum absolute atomic E-state index is 0.0217. The Hall–Kier alpha value is -1.55. The molecule has 0 fully saturated rings. The molecular formula is C15H21NO3. The number of aliphatic carboxylic acids is 1. The zero-order valence-corrected chi connectivity index (χ0v) is 11.6. The predicted molar refractivity (Wildman–Crippen MR) is 73.2 cm³/mol. The highest BCUT2D eigenvalue weighted by molar-refractivity contribution is 5.73. The van der Waals surface area contributed by atoms with E-state index in [1.54, 1.807) is 0 Å². The third-order valence-corrected chi connectivity index (χ3v) is 3.62. The molecule has 4 nitrogen and oxygen atoms in total. The zero-order chi connectivity index (χ0) is 14.0. The van der Waals surface area contributed by atoms with Gasteiger partial charge in [0.2, 0.25) is 0 Å². The number of rotatable bonds is 4. The molecule has 0 aromatic heterocycles. The lowest BCUT2D eigenvalue weighted by Gasteiger charge is -2.35. The summed E-state index contributed by atoms with van der Waals surface area (Å²) in [4.78, 5) is 11.3. The second-order valence-corrected chi connectivity index (χ2v) is 5.53. The van der Waals surface area contributed by atoms with Gasteiger partial charge in [-0.25, -0.2) is 0 Å². The van der Waals surface area contributed by atoms with E-state index in [9.17, 15) is 9.90 Å². The van der Waals surface area contributed by atoms with Gasteiger partial charge in [-0.15, -0.1) is 0 Å². The molecule has 0 spiro atoms. The molecule has 0 bridgehead atoms. The summed E-state index contributed by atoms with van der Waals surface area (Å²) >= 11 is 0. The van der Waals surface area contributed by atoms with Crippen molar-refractivity contribution >= 4 is 5.97 Å². The van der Waals surface area contributed by atoms with E-state index in [0.717, 1.165) is 11.3 Å². The van der Waals surface area contributed by atoms with Crippen molar-refractivity contribution in [1.29, 1.82) is 0 Å². The first-order chi connectivity index (χ1) is 9.00. The average molecular weight is 263 g/mol. The highest BCUT2D eigenvalue weighted by Crippen LogP contribution is 2.35. The summed E-state index contributed by atoms with van der Waals surface area (Å²) in [6, 6.07) is 7.30. The van der Waals surface area contributed by atoms with Gasteiger partial charge in [0.15, 0.2) is 0 Å². The number of nitrogens with one attached hydrogen (secondary N) is 1. The van der Waals surface area contributed by atoms with Crippen LogP contribution in [0, 0.1) is 11.8 Å². The van der Waals surface area contributed by atoms with Gasteiger partial charge in [-0.3, -0.25) is 10.1 Å². The predicted octanol–water partition coefficient (Wildman–Crippen LogP) is 2.46. The number of para-hydroxylation sites is 1. The van der Waals surface area contributed by atoms with Crippen molar-refractivity contribution in [2.75, 3.05) is 6.61 Å². The van der Waals surface area contributed by atoms with Crippen molar-refractivity contribution < 1.29 is 14.6 Å². The second-order valence-electron chi connectivity index (χ2n) is 5.53. The zero-order valence-electron chi connectivity index (χ0n) is 11.6. The number of ether oxygens (including phenoxy) is 1. The molecule has 0 aliphatic carbocycles. The van der Waals surface area contributed by atoms with Crippen molar-refractivity contribution in [2.45, 2.75) is 32.9 Å². The van der Waals surface area contributed by atoms with Crippen LogP contribution in [-0.4, -0.2) is 23.7 Å².